The average Bonchev–Trinajstić information content (AvgIpc) is 1.86. The van der Waals surface area contributed by atoms with Crippen LogP contribution in [0, 0.1) is 0 Å². The van der Waals surface area contributed by atoms with E-state index in [1.807, 2.05) is 0 Å². The fourth-order valence-electron chi connectivity index (χ4n) is 0.538. The molecule has 36 valence electrons. The fourth-order valence-corrected chi connectivity index (χ4v) is 1.46. The van der Waals surface area contributed by atoms with Gasteiger partial charge in [0.05, 0.1) is 0 Å². The Morgan fingerprint density at radius 2 is 2.50 bits per heavy atom. The van der Waals surface area contributed by atoms with E-state index in [9.17, 15) is 4.39 Å². The molecule has 1 aliphatic heterocycles. The first kappa shape index (κ1) is 4.44. The Bertz CT molecular complexity index is 40.8. The zero-order valence-corrected chi connectivity index (χ0v) is 4.30. The number of hydrogen-bond acceptors (Lipinski definition) is 1. The van der Waals surface area contributed by atoms with E-state index in [1.54, 1.807) is 0 Å². The maximum atomic E-state index is 11.9. The van der Waals surface area contributed by atoms with Crippen LogP contribution >= 0.6 is 11.8 Å². The maximum absolute atomic E-state index is 11.9. The van der Waals surface area contributed by atoms with Gasteiger partial charge in [-0.3, -0.25) is 0 Å². The molecule has 0 spiro atoms. The first-order valence-corrected chi connectivity index (χ1v) is 3.20. The van der Waals surface area contributed by atoms with Crippen LogP contribution in [0.15, 0.2) is 0 Å². The molecule has 0 radical (unpaired) electrons. The molecule has 0 aromatic carbocycles. The zero-order valence-electron chi connectivity index (χ0n) is 3.48. The molecule has 0 saturated carbocycles. The third kappa shape index (κ3) is 0.869. The number of hydrogen-bond donors (Lipinski definition) is 0. The molecule has 1 unspecified atom stereocenters. The Balaban J connectivity index is 2.18. The molecule has 0 nitrogen and oxygen atoms in total. The summed E-state index contributed by atoms with van der Waals surface area (Å²) in [7, 11) is 0. The summed E-state index contributed by atoms with van der Waals surface area (Å²) in [6, 6.07) is 0. The summed E-state index contributed by atoms with van der Waals surface area (Å²) in [4.78, 5) is 0. The molecule has 0 aliphatic carbocycles. The first-order valence-electron chi connectivity index (χ1n) is 2.15. The molecule has 2 heteroatoms. The highest BCUT2D eigenvalue weighted by Gasteiger charge is 2.12. The smallest absolute Gasteiger partial charge is 0.146 e. The Morgan fingerprint density at radius 1 is 1.67 bits per heavy atom. The van der Waals surface area contributed by atoms with Crippen LogP contribution in [0.3, 0.4) is 0 Å². The first-order chi connectivity index (χ1) is 2.89. The van der Waals surface area contributed by atoms with Gasteiger partial charge in [-0.1, -0.05) is 0 Å². The second-order valence-corrected chi connectivity index (χ2v) is 2.68. The standard InChI is InChI=1S/C4H7FS/c5-4-2-1-3-6-4/h4H,1-3H2. The SMILES string of the molecule is FC1CCCS1. The van der Waals surface area contributed by atoms with Crippen LogP contribution in [0.4, 0.5) is 4.39 Å². The van der Waals surface area contributed by atoms with Crippen LogP contribution in [-0.2, 0) is 0 Å². The molecular formula is C4H7FS. The van der Waals surface area contributed by atoms with Crippen LogP contribution in [-0.4, -0.2) is 11.3 Å². The highest BCUT2D eigenvalue weighted by atomic mass is 32.2. The molecule has 1 saturated heterocycles. The van der Waals surface area contributed by atoms with Gasteiger partial charge < -0.3 is 0 Å². The van der Waals surface area contributed by atoms with E-state index in [-0.39, 0.29) is 0 Å². The minimum absolute atomic E-state index is 0.537. The molecule has 1 heterocycles. The second-order valence-electron chi connectivity index (χ2n) is 1.42. The van der Waals surface area contributed by atoms with Crippen molar-refractivity contribution in [2.75, 3.05) is 5.75 Å². The van der Waals surface area contributed by atoms with Crippen LogP contribution in [0.2, 0.25) is 0 Å². The lowest BCUT2D eigenvalue weighted by atomic mass is 10.4. The number of thioether (sulfide) groups is 1. The predicted molar refractivity (Wildman–Crippen MR) is 26.6 cm³/mol. The van der Waals surface area contributed by atoms with Crippen molar-refractivity contribution in [3.63, 3.8) is 0 Å². The molecule has 1 atom stereocenters. The van der Waals surface area contributed by atoms with Gasteiger partial charge in [0.2, 0.25) is 0 Å². The summed E-state index contributed by atoms with van der Waals surface area (Å²) < 4.78 is 11.9. The normalized spacial score (nSPS) is 34.5. The average molecular weight is 106 g/mol. The lowest BCUT2D eigenvalue weighted by Crippen LogP contribution is -1.78. The van der Waals surface area contributed by atoms with E-state index in [1.165, 1.54) is 11.8 Å². The van der Waals surface area contributed by atoms with Crippen LogP contribution in [0.25, 0.3) is 0 Å². The Labute approximate surface area is 41.1 Å². The van der Waals surface area contributed by atoms with E-state index in [4.69, 9.17) is 0 Å². The molecule has 1 rings (SSSR count). The van der Waals surface area contributed by atoms with E-state index in [0.29, 0.717) is 0 Å². The van der Waals surface area contributed by atoms with Crippen molar-refractivity contribution >= 4 is 11.8 Å². The lowest BCUT2D eigenvalue weighted by molar-refractivity contribution is 0.441. The molecule has 0 bridgehead atoms. The van der Waals surface area contributed by atoms with E-state index >= 15 is 0 Å². The molecule has 0 amide bonds. The largest absolute Gasteiger partial charge is 0.236 e. The minimum Gasteiger partial charge on any atom is -0.236 e. The third-order valence-corrected chi connectivity index (χ3v) is 2.00. The van der Waals surface area contributed by atoms with Gasteiger partial charge in [0, 0.05) is 0 Å². The highest BCUT2D eigenvalue weighted by molar-refractivity contribution is 7.99. The van der Waals surface area contributed by atoms with Crippen LogP contribution in [0.1, 0.15) is 12.8 Å². The molecule has 6 heavy (non-hydrogen) atoms. The summed E-state index contributed by atoms with van der Waals surface area (Å²) >= 11 is 1.43. The van der Waals surface area contributed by atoms with Crippen molar-refractivity contribution in [1.82, 2.24) is 0 Å². The highest BCUT2D eigenvalue weighted by Crippen LogP contribution is 2.26. The number of rotatable bonds is 0. The molecule has 0 aromatic rings. The summed E-state index contributed by atoms with van der Waals surface area (Å²) in [6.07, 6.45) is 1.86. The van der Waals surface area contributed by atoms with Gasteiger partial charge in [-0.2, -0.15) is 0 Å². The summed E-state index contributed by atoms with van der Waals surface area (Å²) in [6.45, 7) is 0. The van der Waals surface area contributed by atoms with Gasteiger partial charge in [-0.15, -0.1) is 11.8 Å². The summed E-state index contributed by atoms with van der Waals surface area (Å²) in [5, 5.41) is 0. The zero-order chi connectivity index (χ0) is 4.41. The van der Waals surface area contributed by atoms with Gasteiger partial charge >= 0.3 is 0 Å². The predicted octanol–water partition coefficient (Wildman–Crippen LogP) is 1.81. The molecular weight excluding hydrogens is 99.1 g/mol. The lowest BCUT2D eigenvalue weighted by Gasteiger charge is -1.86. The Kier molecular flexibility index (Phi) is 1.35. The quantitative estimate of drug-likeness (QED) is 0.454. The summed E-state index contributed by atoms with van der Waals surface area (Å²) in [5.41, 5.74) is -0.537. The summed E-state index contributed by atoms with van der Waals surface area (Å²) in [5.74, 6) is 1.03. The fraction of sp³-hybridized carbons (Fsp3) is 1.00. The van der Waals surface area contributed by atoms with E-state index in [0.717, 1.165) is 18.6 Å². The van der Waals surface area contributed by atoms with Gasteiger partial charge in [0.25, 0.3) is 0 Å². The topological polar surface area (TPSA) is 0 Å². The Morgan fingerprint density at radius 3 is 2.67 bits per heavy atom. The number of halogens is 1. The monoisotopic (exact) mass is 106 g/mol. The van der Waals surface area contributed by atoms with Crippen molar-refractivity contribution < 1.29 is 4.39 Å². The maximum Gasteiger partial charge on any atom is 0.146 e. The number of alkyl halides is 1. The van der Waals surface area contributed by atoms with Gasteiger partial charge in [-0.25, -0.2) is 4.39 Å². The van der Waals surface area contributed by atoms with Crippen molar-refractivity contribution in [3.05, 3.63) is 0 Å². The van der Waals surface area contributed by atoms with Crippen molar-refractivity contribution in [3.8, 4) is 0 Å². The van der Waals surface area contributed by atoms with Crippen molar-refractivity contribution in [1.29, 1.82) is 0 Å². The van der Waals surface area contributed by atoms with Crippen molar-refractivity contribution in [2.24, 2.45) is 0 Å². The van der Waals surface area contributed by atoms with E-state index in [2.05, 4.69) is 0 Å². The van der Waals surface area contributed by atoms with Gasteiger partial charge in [-0.05, 0) is 18.6 Å². The van der Waals surface area contributed by atoms with Crippen LogP contribution in [0.5, 0.6) is 0 Å². The molecule has 0 aromatic heterocycles. The van der Waals surface area contributed by atoms with Gasteiger partial charge in [0.1, 0.15) is 5.50 Å². The van der Waals surface area contributed by atoms with E-state index < -0.39 is 5.50 Å². The Hall–Kier alpha value is 0.280. The third-order valence-electron chi connectivity index (χ3n) is 0.874. The molecule has 1 fully saturated rings. The molecule has 1 aliphatic rings. The minimum atomic E-state index is -0.537. The van der Waals surface area contributed by atoms with Crippen LogP contribution < -0.4 is 0 Å². The van der Waals surface area contributed by atoms with Crippen molar-refractivity contribution in [2.45, 2.75) is 18.3 Å². The molecule has 0 N–H and O–H groups in total. The second kappa shape index (κ2) is 1.82. The van der Waals surface area contributed by atoms with Gasteiger partial charge in [0.15, 0.2) is 0 Å².